The minimum atomic E-state index is -0.300. The minimum Gasteiger partial charge on any atom is -0.462 e. The third-order valence-corrected chi connectivity index (χ3v) is 5.60. The van der Waals surface area contributed by atoms with Crippen LogP contribution in [0.25, 0.3) is 0 Å². The fourth-order valence-corrected chi connectivity index (χ4v) is 4.28. The van der Waals surface area contributed by atoms with Crippen LogP contribution in [0.2, 0.25) is 0 Å². The zero-order chi connectivity index (χ0) is 21.0. The molecule has 4 nitrogen and oxygen atoms in total. The Hall–Kier alpha value is -2.62. The minimum absolute atomic E-state index is 0.179. The lowest BCUT2D eigenvalue weighted by atomic mass is 9.79. The highest BCUT2D eigenvalue weighted by molar-refractivity contribution is 5.90. The maximum atomic E-state index is 11.8. The average Bonchev–Trinajstić information content (AvgIpc) is 2.70. The van der Waals surface area contributed by atoms with E-state index >= 15 is 0 Å². The number of hydrogen-bond acceptors (Lipinski definition) is 4. The van der Waals surface area contributed by atoms with Crippen molar-refractivity contribution in [2.45, 2.75) is 58.9 Å². The summed E-state index contributed by atoms with van der Waals surface area (Å²) in [5.41, 5.74) is 5.40. The molecule has 0 saturated heterocycles. The number of anilines is 1. The second-order valence-corrected chi connectivity index (χ2v) is 8.41. The Morgan fingerprint density at radius 3 is 2.59 bits per heavy atom. The molecule has 1 aliphatic rings. The average molecular weight is 393 g/mol. The summed E-state index contributed by atoms with van der Waals surface area (Å²) in [7, 11) is 0. The highest BCUT2D eigenvalue weighted by Gasteiger charge is 2.35. The van der Waals surface area contributed by atoms with Crippen LogP contribution >= 0.6 is 0 Å². The van der Waals surface area contributed by atoms with Crippen molar-refractivity contribution in [2.24, 2.45) is 4.99 Å². The molecular weight excluding hydrogens is 360 g/mol. The quantitative estimate of drug-likeness (QED) is 0.439. The molecule has 1 atom stereocenters. The number of rotatable bonds is 6. The fraction of sp³-hybridized carbons (Fsp3) is 0.440. The van der Waals surface area contributed by atoms with E-state index in [1.54, 1.807) is 19.1 Å². The number of benzene rings is 2. The molecule has 3 rings (SSSR count). The molecule has 0 N–H and O–H groups in total. The highest BCUT2D eigenvalue weighted by atomic mass is 16.5. The van der Waals surface area contributed by atoms with E-state index in [-0.39, 0.29) is 11.5 Å². The van der Waals surface area contributed by atoms with Crippen LogP contribution in [-0.2, 0) is 4.74 Å². The lowest BCUT2D eigenvalue weighted by Crippen LogP contribution is -2.48. The van der Waals surface area contributed by atoms with Gasteiger partial charge in [0.1, 0.15) is 0 Å². The van der Waals surface area contributed by atoms with E-state index in [0.717, 1.165) is 30.6 Å². The van der Waals surface area contributed by atoms with Crippen LogP contribution in [-0.4, -0.2) is 30.9 Å². The molecule has 4 heteroatoms. The largest absolute Gasteiger partial charge is 0.462 e. The smallest absolute Gasteiger partial charge is 0.338 e. The van der Waals surface area contributed by atoms with Gasteiger partial charge in [0.25, 0.3) is 0 Å². The van der Waals surface area contributed by atoms with Gasteiger partial charge in [-0.25, -0.2) is 4.79 Å². The molecule has 2 aromatic rings. The number of ether oxygens (including phenoxy) is 1. The lowest BCUT2D eigenvalue weighted by Gasteiger charge is -2.47. The van der Waals surface area contributed by atoms with Gasteiger partial charge in [0, 0.05) is 24.0 Å². The summed E-state index contributed by atoms with van der Waals surface area (Å²) in [5, 5.41) is 0. The molecule has 0 bridgehead atoms. The van der Waals surface area contributed by atoms with E-state index in [1.807, 2.05) is 18.3 Å². The number of carbonyl (C=O) groups is 1. The molecule has 0 radical (unpaired) electrons. The summed E-state index contributed by atoms with van der Waals surface area (Å²) in [4.78, 5) is 18.9. The van der Waals surface area contributed by atoms with Gasteiger partial charge >= 0.3 is 5.97 Å². The van der Waals surface area contributed by atoms with E-state index in [4.69, 9.17) is 4.74 Å². The normalized spacial score (nSPS) is 18.0. The maximum absolute atomic E-state index is 11.8. The summed E-state index contributed by atoms with van der Waals surface area (Å²) in [6.07, 6.45) is 4.19. The molecule has 2 aromatic carbocycles. The fourth-order valence-electron chi connectivity index (χ4n) is 4.28. The van der Waals surface area contributed by atoms with Gasteiger partial charge in [0.15, 0.2) is 0 Å². The summed E-state index contributed by atoms with van der Waals surface area (Å²) in [6, 6.07) is 13.9. The molecule has 0 amide bonds. The Balaban J connectivity index is 1.81. The van der Waals surface area contributed by atoms with Crippen molar-refractivity contribution >= 4 is 23.6 Å². The number of carbonyl (C=O) groups excluding carboxylic acids is 1. The molecule has 0 saturated carbocycles. The number of aliphatic imine (C=N–C) groups is 1. The van der Waals surface area contributed by atoms with Crippen molar-refractivity contribution in [1.82, 2.24) is 0 Å². The first kappa shape index (κ1) is 21.1. The van der Waals surface area contributed by atoms with Crippen molar-refractivity contribution in [2.75, 3.05) is 18.1 Å². The van der Waals surface area contributed by atoms with E-state index < -0.39 is 0 Å². The standard InChI is InChI=1S/C25H32N2O2/c1-6-14-27-23-13-8-19(15-22(23)18(3)16-25(27,4)5)17-26-21-11-9-20(10-12-21)24(28)29-7-2/h8-13,15,17-18H,6-7,14,16H2,1-5H3. The van der Waals surface area contributed by atoms with Crippen molar-refractivity contribution in [3.8, 4) is 0 Å². The van der Waals surface area contributed by atoms with Gasteiger partial charge in [-0.05, 0) is 87.1 Å². The van der Waals surface area contributed by atoms with Gasteiger partial charge in [-0.1, -0.05) is 19.9 Å². The number of hydrogen-bond donors (Lipinski definition) is 0. The summed E-state index contributed by atoms with van der Waals surface area (Å²) < 4.78 is 5.02. The van der Waals surface area contributed by atoms with Gasteiger partial charge in [-0.3, -0.25) is 4.99 Å². The van der Waals surface area contributed by atoms with E-state index in [9.17, 15) is 4.79 Å². The molecule has 0 aliphatic carbocycles. The van der Waals surface area contributed by atoms with Crippen LogP contribution < -0.4 is 4.90 Å². The summed E-state index contributed by atoms with van der Waals surface area (Å²) in [5.74, 6) is 0.219. The molecule has 0 aromatic heterocycles. The third-order valence-electron chi connectivity index (χ3n) is 5.60. The Kier molecular flexibility index (Phi) is 6.41. The Morgan fingerprint density at radius 1 is 1.21 bits per heavy atom. The molecule has 1 heterocycles. The molecule has 0 spiro atoms. The Labute approximate surface area is 174 Å². The lowest BCUT2D eigenvalue weighted by molar-refractivity contribution is 0.0526. The van der Waals surface area contributed by atoms with Crippen molar-refractivity contribution in [3.05, 3.63) is 59.2 Å². The zero-order valence-corrected chi connectivity index (χ0v) is 18.2. The van der Waals surface area contributed by atoms with Crippen LogP contribution in [0, 0.1) is 0 Å². The number of esters is 1. The molecule has 29 heavy (non-hydrogen) atoms. The maximum Gasteiger partial charge on any atom is 0.338 e. The first-order valence-corrected chi connectivity index (χ1v) is 10.6. The Bertz CT molecular complexity index is 884. The van der Waals surface area contributed by atoms with Crippen molar-refractivity contribution < 1.29 is 9.53 Å². The monoisotopic (exact) mass is 392 g/mol. The summed E-state index contributed by atoms with van der Waals surface area (Å²) >= 11 is 0. The van der Waals surface area contributed by atoms with Gasteiger partial charge in [-0.15, -0.1) is 0 Å². The van der Waals surface area contributed by atoms with Gasteiger partial charge in [-0.2, -0.15) is 0 Å². The first-order chi connectivity index (χ1) is 13.9. The molecule has 154 valence electrons. The van der Waals surface area contributed by atoms with Crippen molar-refractivity contribution in [1.29, 1.82) is 0 Å². The van der Waals surface area contributed by atoms with E-state index in [1.165, 1.54) is 11.3 Å². The van der Waals surface area contributed by atoms with Gasteiger partial charge in [0.05, 0.1) is 17.9 Å². The SMILES string of the molecule is CCCN1c2ccc(C=Nc3ccc(C(=O)OCC)cc3)cc2C(C)CC1(C)C. The second kappa shape index (κ2) is 8.81. The van der Waals surface area contributed by atoms with Crippen molar-refractivity contribution in [3.63, 3.8) is 0 Å². The Morgan fingerprint density at radius 2 is 1.93 bits per heavy atom. The number of nitrogens with zero attached hydrogens (tertiary/aromatic N) is 2. The molecule has 1 unspecified atom stereocenters. The molecule has 0 fully saturated rings. The zero-order valence-electron chi connectivity index (χ0n) is 18.2. The van der Waals surface area contributed by atoms with Crippen LogP contribution in [0.1, 0.15) is 74.9 Å². The van der Waals surface area contributed by atoms with Crippen LogP contribution in [0.4, 0.5) is 11.4 Å². The third kappa shape index (κ3) is 4.69. The predicted molar refractivity (Wildman–Crippen MR) is 121 cm³/mol. The predicted octanol–water partition coefficient (Wildman–Crippen LogP) is 6.12. The second-order valence-electron chi connectivity index (χ2n) is 8.41. The number of fused-ring (bicyclic) bond motifs is 1. The van der Waals surface area contributed by atoms with E-state index in [2.05, 4.69) is 55.8 Å². The summed E-state index contributed by atoms with van der Waals surface area (Å²) in [6.45, 7) is 12.5. The van der Waals surface area contributed by atoms with Crippen LogP contribution in [0.3, 0.4) is 0 Å². The highest BCUT2D eigenvalue weighted by Crippen LogP contribution is 2.43. The first-order valence-electron chi connectivity index (χ1n) is 10.6. The molecule has 1 aliphatic heterocycles. The van der Waals surface area contributed by atoms with Gasteiger partial charge in [0.2, 0.25) is 0 Å². The van der Waals surface area contributed by atoms with Gasteiger partial charge < -0.3 is 9.64 Å². The topological polar surface area (TPSA) is 41.9 Å². The van der Waals surface area contributed by atoms with Crippen LogP contribution in [0.15, 0.2) is 47.5 Å². The van der Waals surface area contributed by atoms with E-state index in [0.29, 0.717) is 18.1 Å². The van der Waals surface area contributed by atoms with Crippen LogP contribution in [0.5, 0.6) is 0 Å². The molecular formula is C25H32N2O2.